The number of anilines is 1. The van der Waals surface area contributed by atoms with Gasteiger partial charge in [0.1, 0.15) is 11.0 Å². The van der Waals surface area contributed by atoms with Crippen molar-refractivity contribution in [2.75, 3.05) is 24.5 Å². The van der Waals surface area contributed by atoms with Crippen molar-refractivity contribution in [3.8, 4) is 0 Å². The van der Waals surface area contributed by atoms with Gasteiger partial charge in [0.2, 0.25) is 0 Å². The van der Waals surface area contributed by atoms with Gasteiger partial charge in [-0.3, -0.25) is 4.79 Å². The van der Waals surface area contributed by atoms with E-state index in [9.17, 15) is 18.0 Å². The number of rotatable bonds is 4. The van der Waals surface area contributed by atoms with Crippen LogP contribution in [0.2, 0.25) is 0 Å². The largest absolute Gasteiger partial charge is 0.408 e. The lowest BCUT2D eigenvalue weighted by Crippen LogP contribution is -2.39. The standard InChI is InChI=1S/C12H16BrF3N4O/c1-2-19(8-3-4-17-5-8)9-6-18-20(7-12(14,15)16)11(21)10(9)13/h6,8,17H,2-5,7H2,1H3. The summed E-state index contributed by atoms with van der Waals surface area (Å²) in [6, 6.07) is 0.214. The predicted molar refractivity (Wildman–Crippen MR) is 76.5 cm³/mol. The maximum Gasteiger partial charge on any atom is 0.408 e. The van der Waals surface area contributed by atoms with E-state index in [-0.39, 0.29) is 10.5 Å². The molecule has 1 aromatic rings. The number of hydrogen-bond acceptors (Lipinski definition) is 4. The molecule has 0 bridgehead atoms. The molecule has 1 fully saturated rings. The molecule has 1 unspecified atom stereocenters. The number of aromatic nitrogens is 2. The first kappa shape index (κ1) is 16.3. The highest BCUT2D eigenvalue weighted by molar-refractivity contribution is 9.10. The zero-order valence-corrected chi connectivity index (χ0v) is 13.0. The highest BCUT2D eigenvalue weighted by Crippen LogP contribution is 2.26. The molecular weight excluding hydrogens is 353 g/mol. The van der Waals surface area contributed by atoms with Crippen LogP contribution < -0.4 is 15.8 Å². The number of nitrogens with zero attached hydrogens (tertiary/aromatic N) is 3. The summed E-state index contributed by atoms with van der Waals surface area (Å²) in [5.74, 6) is 0. The van der Waals surface area contributed by atoms with E-state index in [0.29, 0.717) is 16.9 Å². The molecule has 1 aliphatic rings. The van der Waals surface area contributed by atoms with E-state index >= 15 is 0 Å². The Morgan fingerprint density at radius 3 is 2.81 bits per heavy atom. The summed E-state index contributed by atoms with van der Waals surface area (Å²) in [5.41, 5.74) is -0.233. The molecule has 9 heteroatoms. The van der Waals surface area contributed by atoms with Crippen molar-refractivity contribution in [3.63, 3.8) is 0 Å². The summed E-state index contributed by atoms with van der Waals surface area (Å²) >= 11 is 3.12. The van der Waals surface area contributed by atoms with Gasteiger partial charge >= 0.3 is 6.18 Å². The monoisotopic (exact) mass is 368 g/mol. The Bertz CT molecular complexity index is 554. The second-order valence-electron chi connectivity index (χ2n) is 4.85. The van der Waals surface area contributed by atoms with Crippen molar-refractivity contribution in [3.05, 3.63) is 21.0 Å². The highest BCUT2D eigenvalue weighted by atomic mass is 79.9. The van der Waals surface area contributed by atoms with Gasteiger partial charge in [0.15, 0.2) is 0 Å². The smallest absolute Gasteiger partial charge is 0.365 e. The third-order valence-electron chi connectivity index (χ3n) is 3.42. The first-order valence-electron chi connectivity index (χ1n) is 6.63. The van der Waals surface area contributed by atoms with Crippen molar-refractivity contribution < 1.29 is 13.2 Å². The van der Waals surface area contributed by atoms with Crippen molar-refractivity contribution >= 4 is 21.6 Å². The number of hydrogen-bond donors (Lipinski definition) is 1. The summed E-state index contributed by atoms with van der Waals surface area (Å²) in [5, 5.41) is 6.88. The van der Waals surface area contributed by atoms with E-state index in [2.05, 4.69) is 26.3 Å². The molecule has 2 rings (SSSR count). The summed E-state index contributed by atoms with van der Waals surface area (Å²) in [6.07, 6.45) is -2.23. The molecular formula is C12H16BrF3N4O. The van der Waals surface area contributed by atoms with E-state index in [1.54, 1.807) is 0 Å². The molecule has 5 nitrogen and oxygen atoms in total. The lowest BCUT2D eigenvalue weighted by atomic mass is 10.2. The van der Waals surface area contributed by atoms with Gasteiger partial charge in [-0.2, -0.15) is 18.3 Å². The topological polar surface area (TPSA) is 50.2 Å². The highest BCUT2D eigenvalue weighted by Gasteiger charge is 2.30. The van der Waals surface area contributed by atoms with Gasteiger partial charge in [-0.05, 0) is 35.8 Å². The summed E-state index contributed by atoms with van der Waals surface area (Å²) in [4.78, 5) is 14.0. The average Bonchev–Trinajstić information content (AvgIpc) is 2.91. The minimum atomic E-state index is -4.47. The van der Waals surface area contributed by atoms with Crippen LogP contribution >= 0.6 is 15.9 Å². The number of halogens is 4. The first-order valence-corrected chi connectivity index (χ1v) is 7.42. The van der Waals surface area contributed by atoms with Crippen LogP contribution in [0.3, 0.4) is 0 Å². The molecule has 118 valence electrons. The second-order valence-corrected chi connectivity index (χ2v) is 5.65. The quantitative estimate of drug-likeness (QED) is 0.879. The van der Waals surface area contributed by atoms with Crippen molar-refractivity contribution in [2.45, 2.75) is 32.1 Å². The summed E-state index contributed by atoms with van der Waals surface area (Å²) in [6.45, 7) is 2.87. The average molecular weight is 369 g/mol. The van der Waals surface area contributed by atoms with Crippen LogP contribution in [0.5, 0.6) is 0 Å². The fourth-order valence-corrected chi connectivity index (χ4v) is 3.00. The Kier molecular flexibility index (Phi) is 4.92. The Balaban J connectivity index is 2.33. The molecule has 1 aromatic heterocycles. The Hall–Kier alpha value is -1.09. The Morgan fingerprint density at radius 2 is 2.29 bits per heavy atom. The van der Waals surface area contributed by atoms with Crippen molar-refractivity contribution in [1.29, 1.82) is 0 Å². The van der Waals surface area contributed by atoms with Gasteiger partial charge in [0.05, 0.1) is 11.9 Å². The molecule has 0 saturated carbocycles. The molecule has 1 saturated heterocycles. The minimum absolute atomic E-state index is 0.121. The normalized spacial score (nSPS) is 19.0. The minimum Gasteiger partial charge on any atom is -0.365 e. The van der Waals surface area contributed by atoms with Gasteiger partial charge in [0, 0.05) is 19.1 Å². The Labute approximate surface area is 128 Å². The SMILES string of the molecule is CCN(c1cnn(CC(F)(F)F)c(=O)c1Br)C1CCNC1. The molecule has 0 aromatic carbocycles. The number of alkyl halides is 3. The van der Waals surface area contributed by atoms with Crippen LogP contribution in [0.25, 0.3) is 0 Å². The molecule has 1 atom stereocenters. The van der Waals surface area contributed by atoms with Crippen LogP contribution in [-0.4, -0.2) is 41.6 Å². The third kappa shape index (κ3) is 3.76. The van der Waals surface area contributed by atoms with Gasteiger partial charge in [-0.15, -0.1) is 0 Å². The van der Waals surface area contributed by atoms with Gasteiger partial charge in [0.25, 0.3) is 5.56 Å². The van der Waals surface area contributed by atoms with Crippen LogP contribution in [-0.2, 0) is 6.54 Å². The lowest BCUT2D eigenvalue weighted by molar-refractivity contribution is -0.143. The van der Waals surface area contributed by atoms with E-state index < -0.39 is 18.3 Å². The lowest BCUT2D eigenvalue weighted by Gasteiger charge is -2.29. The van der Waals surface area contributed by atoms with E-state index in [1.165, 1.54) is 6.20 Å². The van der Waals surface area contributed by atoms with E-state index in [1.807, 2.05) is 11.8 Å². The van der Waals surface area contributed by atoms with Gasteiger partial charge in [-0.1, -0.05) is 0 Å². The molecule has 0 spiro atoms. The fraction of sp³-hybridized carbons (Fsp3) is 0.667. The zero-order chi connectivity index (χ0) is 15.6. The van der Waals surface area contributed by atoms with Crippen LogP contribution in [0.1, 0.15) is 13.3 Å². The molecule has 1 aliphatic heterocycles. The second kappa shape index (κ2) is 6.35. The van der Waals surface area contributed by atoms with Gasteiger partial charge < -0.3 is 10.2 Å². The predicted octanol–water partition coefficient (Wildman–Crippen LogP) is 1.76. The number of nitrogens with one attached hydrogen (secondary N) is 1. The molecule has 0 aliphatic carbocycles. The molecule has 1 N–H and O–H groups in total. The van der Waals surface area contributed by atoms with Crippen LogP contribution in [0.4, 0.5) is 18.9 Å². The summed E-state index contributed by atoms with van der Waals surface area (Å²) in [7, 11) is 0. The van der Waals surface area contributed by atoms with Gasteiger partial charge in [-0.25, -0.2) is 4.68 Å². The molecule has 0 amide bonds. The van der Waals surface area contributed by atoms with E-state index in [0.717, 1.165) is 19.5 Å². The molecule has 0 radical (unpaired) electrons. The number of likely N-dealkylation sites (N-methyl/N-ethyl adjacent to an activating group) is 1. The third-order valence-corrected chi connectivity index (χ3v) is 4.17. The van der Waals surface area contributed by atoms with E-state index in [4.69, 9.17) is 0 Å². The van der Waals surface area contributed by atoms with Crippen molar-refractivity contribution in [1.82, 2.24) is 15.1 Å². The molecule has 21 heavy (non-hydrogen) atoms. The summed E-state index contributed by atoms with van der Waals surface area (Å²) < 4.78 is 37.7. The Morgan fingerprint density at radius 1 is 1.57 bits per heavy atom. The fourth-order valence-electron chi connectivity index (χ4n) is 2.47. The molecule has 2 heterocycles. The van der Waals surface area contributed by atoms with Crippen molar-refractivity contribution in [2.24, 2.45) is 0 Å². The maximum absolute atomic E-state index is 12.4. The maximum atomic E-state index is 12.4. The van der Waals surface area contributed by atoms with Crippen LogP contribution in [0.15, 0.2) is 15.5 Å². The van der Waals surface area contributed by atoms with Crippen LogP contribution in [0, 0.1) is 0 Å². The zero-order valence-electron chi connectivity index (χ0n) is 11.5. The first-order chi connectivity index (χ1) is 9.83.